The number of carbonyl (C=O) groups is 4. The van der Waals surface area contributed by atoms with Crippen molar-refractivity contribution in [3.8, 4) is 5.75 Å². The van der Waals surface area contributed by atoms with Gasteiger partial charge in [0.05, 0.1) is 0 Å². The third kappa shape index (κ3) is 11.4. The second-order valence-corrected chi connectivity index (χ2v) is 8.24. The minimum absolute atomic E-state index is 0.0705. The Kier molecular flexibility index (Phi) is 14.8. The van der Waals surface area contributed by atoms with Crippen molar-refractivity contribution in [3.63, 3.8) is 0 Å². The minimum Gasteiger partial charge on any atom is -0.492 e. The van der Waals surface area contributed by atoms with Gasteiger partial charge in [0.1, 0.15) is 18.4 Å². The molecule has 0 aromatic heterocycles. The van der Waals surface area contributed by atoms with Crippen LogP contribution in [0.5, 0.6) is 5.75 Å². The van der Waals surface area contributed by atoms with Crippen molar-refractivity contribution in [2.45, 2.75) is 40.2 Å². The highest BCUT2D eigenvalue weighted by atomic mass is 16.5. The highest BCUT2D eigenvalue weighted by Gasteiger charge is 2.25. The molecule has 10 heteroatoms. The Bertz CT molecular complexity index is 993. The molecule has 0 spiro atoms. The van der Waals surface area contributed by atoms with Crippen LogP contribution >= 0.6 is 0 Å². The molecule has 3 N–H and O–H groups in total. The largest absolute Gasteiger partial charge is 0.492 e. The van der Waals surface area contributed by atoms with E-state index >= 15 is 0 Å². The van der Waals surface area contributed by atoms with Crippen molar-refractivity contribution < 1.29 is 34.1 Å². The van der Waals surface area contributed by atoms with Gasteiger partial charge in [-0.25, -0.2) is 9.59 Å². The topological polar surface area (TPSA) is 136 Å². The summed E-state index contributed by atoms with van der Waals surface area (Å²) in [6.45, 7) is 12.9. The van der Waals surface area contributed by atoms with Crippen LogP contribution in [-0.2, 0) is 20.8 Å². The number of hydrogen-bond donors (Lipinski definition) is 3. The van der Waals surface area contributed by atoms with Crippen LogP contribution in [0.2, 0.25) is 0 Å². The van der Waals surface area contributed by atoms with E-state index < -0.39 is 18.0 Å². The Labute approximate surface area is 224 Å². The van der Waals surface area contributed by atoms with Gasteiger partial charge < -0.3 is 30.1 Å². The molecule has 0 aliphatic rings. The van der Waals surface area contributed by atoms with E-state index in [1.54, 1.807) is 17.0 Å². The number of carboxylic acids is 2. The van der Waals surface area contributed by atoms with E-state index in [0.29, 0.717) is 31.7 Å². The van der Waals surface area contributed by atoms with Crippen LogP contribution in [0, 0.1) is 0 Å². The fourth-order valence-electron chi connectivity index (χ4n) is 3.58. The molecule has 0 radical (unpaired) electrons. The number of amides is 2. The van der Waals surface area contributed by atoms with Crippen molar-refractivity contribution in [2.24, 2.45) is 0 Å². The molecule has 0 aliphatic carbocycles. The van der Waals surface area contributed by atoms with E-state index in [9.17, 15) is 9.59 Å². The van der Waals surface area contributed by atoms with Crippen molar-refractivity contribution in [1.29, 1.82) is 0 Å². The van der Waals surface area contributed by atoms with Gasteiger partial charge in [-0.15, -0.1) is 0 Å². The monoisotopic (exact) mass is 529 g/mol. The maximum atomic E-state index is 13.1. The second-order valence-electron chi connectivity index (χ2n) is 8.24. The predicted molar refractivity (Wildman–Crippen MR) is 144 cm³/mol. The molecule has 0 saturated carbocycles. The third-order valence-electron chi connectivity index (χ3n) is 5.83. The number of likely N-dealkylation sites (N-methyl/N-ethyl adjacent to an activating group) is 2. The summed E-state index contributed by atoms with van der Waals surface area (Å²) < 4.78 is 5.86. The summed E-state index contributed by atoms with van der Waals surface area (Å²) in [6, 6.07) is 16.1. The first kappa shape index (κ1) is 32.1. The predicted octanol–water partition coefficient (Wildman–Crippen LogP) is 2.77. The van der Waals surface area contributed by atoms with Crippen molar-refractivity contribution in [1.82, 2.24) is 15.1 Å². The van der Waals surface area contributed by atoms with Gasteiger partial charge in [-0.3, -0.25) is 9.59 Å². The van der Waals surface area contributed by atoms with Crippen molar-refractivity contribution in [3.05, 3.63) is 65.7 Å². The van der Waals surface area contributed by atoms with Crippen molar-refractivity contribution in [2.75, 3.05) is 39.3 Å². The smallest absolute Gasteiger partial charge is 0.414 e. The Morgan fingerprint density at radius 3 is 1.84 bits per heavy atom. The molecule has 0 saturated heterocycles. The Morgan fingerprint density at radius 2 is 1.37 bits per heavy atom. The summed E-state index contributed by atoms with van der Waals surface area (Å²) >= 11 is 0. The Morgan fingerprint density at radius 1 is 0.816 bits per heavy atom. The van der Waals surface area contributed by atoms with Gasteiger partial charge in [0, 0.05) is 31.6 Å². The molecule has 0 aliphatic heterocycles. The summed E-state index contributed by atoms with van der Waals surface area (Å²) in [5.74, 6) is -3.16. The van der Waals surface area contributed by atoms with Crippen LogP contribution in [0.1, 0.15) is 43.6 Å². The van der Waals surface area contributed by atoms with Crippen LogP contribution in [0.4, 0.5) is 0 Å². The van der Waals surface area contributed by atoms with E-state index in [4.69, 9.17) is 24.5 Å². The number of hydrogen-bond acceptors (Lipinski definition) is 6. The van der Waals surface area contributed by atoms with Crippen LogP contribution in [0.3, 0.4) is 0 Å². The zero-order valence-corrected chi connectivity index (χ0v) is 22.6. The molecule has 0 fully saturated rings. The normalized spacial score (nSPS) is 11.1. The Balaban J connectivity index is 0.00000107. The number of ether oxygens (including phenoxy) is 1. The summed E-state index contributed by atoms with van der Waals surface area (Å²) in [7, 11) is 0. The van der Waals surface area contributed by atoms with E-state index in [1.807, 2.05) is 56.3 Å². The number of benzene rings is 2. The summed E-state index contributed by atoms with van der Waals surface area (Å²) in [5, 5.41) is 17.7. The lowest BCUT2D eigenvalue weighted by Gasteiger charge is -2.26. The highest BCUT2D eigenvalue weighted by molar-refractivity contribution is 6.27. The molecule has 10 nitrogen and oxygen atoms in total. The lowest BCUT2D eigenvalue weighted by molar-refractivity contribution is -0.159. The first-order valence-electron chi connectivity index (χ1n) is 12.7. The van der Waals surface area contributed by atoms with Crippen LogP contribution in [0.25, 0.3) is 0 Å². The fraction of sp³-hybridized carbons (Fsp3) is 0.429. The van der Waals surface area contributed by atoms with E-state index in [0.717, 1.165) is 30.9 Å². The van der Waals surface area contributed by atoms with Gasteiger partial charge in [0.2, 0.25) is 5.91 Å². The molecular weight excluding hydrogens is 490 g/mol. The summed E-state index contributed by atoms with van der Waals surface area (Å²) in [4.78, 5) is 48.1. The van der Waals surface area contributed by atoms with E-state index in [-0.39, 0.29) is 11.8 Å². The molecule has 2 rings (SSSR count). The molecular formula is C28H39N3O7. The van der Waals surface area contributed by atoms with Crippen LogP contribution in [0.15, 0.2) is 54.6 Å². The first-order chi connectivity index (χ1) is 18.2. The van der Waals surface area contributed by atoms with Crippen LogP contribution < -0.4 is 10.1 Å². The second kappa shape index (κ2) is 17.5. The van der Waals surface area contributed by atoms with Gasteiger partial charge in [-0.05, 0) is 56.8 Å². The molecule has 2 aromatic rings. The molecule has 2 amide bonds. The molecule has 1 unspecified atom stereocenters. The quantitative estimate of drug-likeness (QED) is 0.337. The lowest BCUT2D eigenvalue weighted by Crippen LogP contribution is -2.49. The molecule has 38 heavy (non-hydrogen) atoms. The van der Waals surface area contributed by atoms with Gasteiger partial charge in [-0.2, -0.15) is 0 Å². The number of nitrogens with one attached hydrogen (secondary N) is 1. The number of carboxylic acid groups (broad SMARTS) is 2. The van der Waals surface area contributed by atoms with Crippen molar-refractivity contribution >= 4 is 23.8 Å². The average Bonchev–Trinajstić information content (AvgIpc) is 2.93. The lowest BCUT2D eigenvalue weighted by atomic mass is 10.0. The zero-order chi connectivity index (χ0) is 28.5. The van der Waals surface area contributed by atoms with Gasteiger partial charge >= 0.3 is 11.9 Å². The van der Waals surface area contributed by atoms with E-state index in [2.05, 4.69) is 24.1 Å². The SMILES string of the molecule is CCN(CC)CCOc1ccc(CC(NC(=O)c2ccccc2)C(=O)N(CC)CC)cc1.O=C(O)C(=O)O. The van der Waals surface area contributed by atoms with Gasteiger partial charge in [-0.1, -0.05) is 44.2 Å². The number of nitrogens with zero attached hydrogens (tertiary/aromatic N) is 2. The zero-order valence-electron chi connectivity index (χ0n) is 22.6. The summed E-state index contributed by atoms with van der Waals surface area (Å²) in [6.07, 6.45) is 0.424. The fourth-order valence-corrected chi connectivity index (χ4v) is 3.58. The highest BCUT2D eigenvalue weighted by Crippen LogP contribution is 2.15. The minimum atomic E-state index is -1.82. The molecule has 0 bridgehead atoms. The molecule has 208 valence electrons. The Hall–Kier alpha value is -3.92. The maximum absolute atomic E-state index is 13.1. The number of carbonyl (C=O) groups excluding carboxylic acids is 2. The first-order valence-corrected chi connectivity index (χ1v) is 12.7. The maximum Gasteiger partial charge on any atom is 0.414 e. The number of rotatable bonds is 13. The van der Waals surface area contributed by atoms with Gasteiger partial charge in [0.25, 0.3) is 5.91 Å². The summed E-state index contributed by atoms with van der Waals surface area (Å²) in [5.41, 5.74) is 1.52. The van der Waals surface area contributed by atoms with E-state index in [1.165, 1.54) is 0 Å². The van der Waals surface area contributed by atoms with Gasteiger partial charge in [0.15, 0.2) is 0 Å². The standard InChI is InChI=1S/C26H37N3O3.C2H2O4/c1-5-28(6-2)18-19-32-23-16-14-21(15-17-23)20-24(26(31)29(7-3)8-4)27-25(30)22-12-10-9-11-13-22;3-1(4)2(5)6/h9-17,24H,5-8,18-20H2,1-4H3,(H,27,30);(H,3,4)(H,5,6). The van der Waals surface area contributed by atoms with Crippen LogP contribution in [-0.4, -0.2) is 89.1 Å². The average molecular weight is 530 g/mol. The third-order valence-corrected chi connectivity index (χ3v) is 5.83. The molecule has 0 heterocycles. The number of aliphatic carboxylic acids is 2. The molecule has 2 aromatic carbocycles. The molecule has 1 atom stereocenters.